The highest BCUT2D eigenvalue weighted by molar-refractivity contribution is 6.30. The number of hydrogen-bond acceptors (Lipinski definition) is 2. The summed E-state index contributed by atoms with van der Waals surface area (Å²) in [5.41, 5.74) is 0.872. The van der Waals surface area contributed by atoms with E-state index >= 15 is 0 Å². The minimum Gasteiger partial charge on any atom is -0.494 e. The number of nitrogens with zero attached hydrogens (tertiary/aromatic N) is 2. The van der Waals surface area contributed by atoms with Gasteiger partial charge in [0, 0.05) is 18.5 Å². The third-order valence-corrected chi connectivity index (χ3v) is 2.08. The van der Waals surface area contributed by atoms with E-state index in [4.69, 9.17) is 11.6 Å². The largest absolute Gasteiger partial charge is 0.494 e. The van der Waals surface area contributed by atoms with Crippen molar-refractivity contribution in [2.24, 2.45) is 7.05 Å². The maximum atomic E-state index is 9.33. The average molecular weight is 183 g/mol. The summed E-state index contributed by atoms with van der Waals surface area (Å²) in [6.07, 6.45) is 1.64. The van der Waals surface area contributed by atoms with Crippen LogP contribution in [-0.4, -0.2) is 14.7 Å². The first kappa shape index (κ1) is 7.43. The zero-order chi connectivity index (χ0) is 8.72. The number of rotatable bonds is 0. The predicted molar refractivity (Wildman–Crippen MR) is 47.4 cm³/mol. The molecule has 0 aliphatic carbocycles. The Balaban J connectivity index is 2.87. The molecule has 3 nitrogen and oxygen atoms in total. The van der Waals surface area contributed by atoms with E-state index in [9.17, 15) is 5.11 Å². The molecule has 0 amide bonds. The van der Waals surface area contributed by atoms with Crippen molar-refractivity contribution in [1.29, 1.82) is 0 Å². The number of hydrogen-bond donors (Lipinski definition) is 1. The molecule has 1 N–H and O–H groups in total. The lowest BCUT2D eigenvalue weighted by molar-refractivity contribution is 0.435. The number of fused-ring (bicyclic) bond motifs is 1. The van der Waals surface area contributed by atoms with E-state index in [0.29, 0.717) is 5.15 Å². The summed E-state index contributed by atoms with van der Waals surface area (Å²) in [5, 5.41) is 10.7. The zero-order valence-electron chi connectivity index (χ0n) is 6.45. The van der Waals surface area contributed by atoms with Crippen LogP contribution in [0.25, 0.3) is 10.9 Å². The second-order valence-electron chi connectivity index (χ2n) is 2.63. The van der Waals surface area contributed by atoms with Gasteiger partial charge in [-0.25, -0.2) is 4.98 Å². The maximum Gasteiger partial charge on any atom is 0.191 e. The van der Waals surface area contributed by atoms with Gasteiger partial charge in [0.2, 0.25) is 0 Å². The number of aryl methyl sites for hydroxylation is 1. The first-order valence-corrected chi connectivity index (χ1v) is 3.86. The summed E-state index contributed by atoms with van der Waals surface area (Å²) >= 11 is 5.68. The van der Waals surface area contributed by atoms with Gasteiger partial charge in [-0.15, -0.1) is 0 Å². The number of aromatic nitrogens is 2. The van der Waals surface area contributed by atoms with Crippen LogP contribution in [0.3, 0.4) is 0 Å². The van der Waals surface area contributed by atoms with Crippen molar-refractivity contribution in [3.05, 3.63) is 23.5 Å². The van der Waals surface area contributed by atoms with E-state index in [1.54, 1.807) is 29.9 Å². The molecule has 4 heteroatoms. The summed E-state index contributed by atoms with van der Waals surface area (Å²) in [6, 6.07) is 3.37. The molecule has 0 atom stereocenters. The average Bonchev–Trinajstić information content (AvgIpc) is 2.28. The van der Waals surface area contributed by atoms with Gasteiger partial charge in [0.15, 0.2) is 5.88 Å². The van der Waals surface area contributed by atoms with Crippen molar-refractivity contribution in [3.63, 3.8) is 0 Å². The fraction of sp³-hybridized carbons (Fsp3) is 0.125. The van der Waals surface area contributed by atoms with Crippen molar-refractivity contribution in [3.8, 4) is 5.88 Å². The molecular formula is C8H7ClN2O. The van der Waals surface area contributed by atoms with Crippen LogP contribution >= 0.6 is 11.6 Å². The Bertz CT molecular complexity index is 436. The van der Waals surface area contributed by atoms with Crippen molar-refractivity contribution in [1.82, 2.24) is 9.55 Å². The Kier molecular flexibility index (Phi) is 1.48. The van der Waals surface area contributed by atoms with Crippen molar-refractivity contribution in [2.45, 2.75) is 0 Å². The Morgan fingerprint density at radius 1 is 1.50 bits per heavy atom. The molecule has 62 valence electrons. The smallest absolute Gasteiger partial charge is 0.191 e. The minimum absolute atomic E-state index is 0.217. The molecule has 2 heterocycles. The lowest BCUT2D eigenvalue weighted by atomic mass is 10.3. The summed E-state index contributed by atoms with van der Waals surface area (Å²) in [5.74, 6) is 0.217. The molecule has 0 fully saturated rings. The van der Waals surface area contributed by atoms with E-state index < -0.39 is 0 Å². The van der Waals surface area contributed by atoms with E-state index in [1.165, 1.54) is 0 Å². The molecule has 0 aliphatic rings. The van der Waals surface area contributed by atoms with Gasteiger partial charge in [0.1, 0.15) is 5.15 Å². The third kappa shape index (κ3) is 0.940. The second-order valence-corrected chi connectivity index (χ2v) is 3.01. The van der Waals surface area contributed by atoms with Crippen LogP contribution < -0.4 is 0 Å². The van der Waals surface area contributed by atoms with Gasteiger partial charge >= 0.3 is 0 Å². The molecule has 0 radical (unpaired) electrons. The number of halogens is 1. The normalized spacial score (nSPS) is 10.8. The van der Waals surface area contributed by atoms with Gasteiger partial charge in [-0.05, 0) is 6.07 Å². The molecular weight excluding hydrogens is 176 g/mol. The highest BCUT2D eigenvalue weighted by Crippen LogP contribution is 2.23. The molecule has 0 aliphatic heterocycles. The molecule has 0 saturated heterocycles. The predicted octanol–water partition coefficient (Wildman–Crippen LogP) is 1.93. The topological polar surface area (TPSA) is 38.0 Å². The van der Waals surface area contributed by atoms with Gasteiger partial charge in [0.05, 0.1) is 11.7 Å². The number of pyridine rings is 1. The molecule has 2 aromatic heterocycles. The Morgan fingerprint density at radius 3 is 3.00 bits per heavy atom. The fourth-order valence-corrected chi connectivity index (χ4v) is 1.36. The summed E-state index contributed by atoms with van der Waals surface area (Å²) in [7, 11) is 1.77. The van der Waals surface area contributed by atoms with Crippen molar-refractivity contribution < 1.29 is 5.11 Å². The number of aromatic hydroxyl groups is 1. The molecule has 2 rings (SSSR count). The Labute approximate surface area is 74.2 Å². The lowest BCUT2D eigenvalue weighted by Gasteiger charge is -1.95. The molecule has 2 aromatic rings. The standard InChI is InChI=1S/C8H7ClN2O/c1-11-6-4-10-7(9)2-5(6)3-8(11)12/h2-4,12H,1H3. The quantitative estimate of drug-likeness (QED) is 0.633. The van der Waals surface area contributed by atoms with E-state index in [1.807, 2.05) is 0 Å². The summed E-state index contributed by atoms with van der Waals surface area (Å²) in [6.45, 7) is 0. The molecule has 0 bridgehead atoms. The summed E-state index contributed by atoms with van der Waals surface area (Å²) < 4.78 is 1.65. The van der Waals surface area contributed by atoms with Crippen LogP contribution in [0.5, 0.6) is 5.88 Å². The van der Waals surface area contributed by atoms with Crippen LogP contribution in [0.4, 0.5) is 0 Å². The molecule has 0 spiro atoms. The van der Waals surface area contributed by atoms with E-state index in [-0.39, 0.29) is 5.88 Å². The highest BCUT2D eigenvalue weighted by Gasteiger charge is 2.04. The summed E-state index contributed by atoms with van der Waals surface area (Å²) in [4.78, 5) is 3.91. The Morgan fingerprint density at radius 2 is 2.25 bits per heavy atom. The molecule has 0 saturated carbocycles. The van der Waals surface area contributed by atoms with Gasteiger partial charge in [0.25, 0.3) is 0 Å². The maximum absolute atomic E-state index is 9.33. The molecule has 0 aromatic carbocycles. The molecule has 0 unspecified atom stereocenters. The first-order chi connectivity index (χ1) is 5.68. The minimum atomic E-state index is 0.217. The first-order valence-electron chi connectivity index (χ1n) is 3.48. The van der Waals surface area contributed by atoms with Crippen LogP contribution in [0.2, 0.25) is 5.15 Å². The van der Waals surface area contributed by atoms with Crippen LogP contribution in [0, 0.1) is 0 Å². The van der Waals surface area contributed by atoms with Gasteiger partial charge in [-0.2, -0.15) is 0 Å². The monoisotopic (exact) mass is 182 g/mol. The van der Waals surface area contributed by atoms with Gasteiger partial charge in [-0.1, -0.05) is 11.6 Å². The SMILES string of the molecule is Cn1c(O)cc2cc(Cl)ncc21. The van der Waals surface area contributed by atoms with E-state index in [2.05, 4.69) is 4.98 Å². The van der Waals surface area contributed by atoms with Crippen LogP contribution in [-0.2, 0) is 7.05 Å². The lowest BCUT2D eigenvalue weighted by Crippen LogP contribution is -1.86. The van der Waals surface area contributed by atoms with Crippen molar-refractivity contribution >= 4 is 22.5 Å². The fourth-order valence-electron chi connectivity index (χ4n) is 1.19. The van der Waals surface area contributed by atoms with Crippen LogP contribution in [0.1, 0.15) is 0 Å². The Hall–Kier alpha value is -1.22. The van der Waals surface area contributed by atoms with Crippen molar-refractivity contribution in [2.75, 3.05) is 0 Å². The zero-order valence-corrected chi connectivity index (χ0v) is 7.21. The second kappa shape index (κ2) is 2.38. The highest BCUT2D eigenvalue weighted by atomic mass is 35.5. The van der Waals surface area contributed by atoms with E-state index in [0.717, 1.165) is 10.9 Å². The van der Waals surface area contributed by atoms with Crippen LogP contribution in [0.15, 0.2) is 18.3 Å². The molecule has 12 heavy (non-hydrogen) atoms. The van der Waals surface area contributed by atoms with Gasteiger partial charge < -0.3 is 9.67 Å². The third-order valence-electron chi connectivity index (χ3n) is 1.87. The van der Waals surface area contributed by atoms with Gasteiger partial charge in [-0.3, -0.25) is 0 Å².